The lowest BCUT2D eigenvalue weighted by molar-refractivity contribution is -0.128. The number of aryl methyl sites for hydroxylation is 2. The zero-order valence-corrected chi connectivity index (χ0v) is 17.7. The van der Waals surface area contributed by atoms with Gasteiger partial charge in [-0.05, 0) is 43.2 Å². The molecule has 152 valence electrons. The molecule has 0 aromatic heterocycles. The van der Waals surface area contributed by atoms with Crippen LogP contribution in [0.3, 0.4) is 0 Å². The molecule has 1 aliphatic rings. The maximum Gasteiger partial charge on any atom is 0.242 e. The van der Waals surface area contributed by atoms with E-state index in [2.05, 4.69) is 10.3 Å². The molecule has 1 N–H and O–H groups in total. The van der Waals surface area contributed by atoms with Crippen molar-refractivity contribution in [3.05, 3.63) is 59.7 Å². The third kappa shape index (κ3) is 5.46. The topological polar surface area (TPSA) is 71.0 Å². The molecule has 1 heterocycles. The van der Waals surface area contributed by atoms with Gasteiger partial charge in [0.1, 0.15) is 5.25 Å². The molecule has 0 spiro atoms. The molecular weight excluding hydrogens is 386 g/mol. The second-order valence-corrected chi connectivity index (χ2v) is 8.06. The highest BCUT2D eigenvalue weighted by Crippen LogP contribution is 2.32. The van der Waals surface area contributed by atoms with Crippen LogP contribution in [0.5, 0.6) is 0 Å². The van der Waals surface area contributed by atoms with Gasteiger partial charge in [0.2, 0.25) is 11.8 Å². The first-order valence-electron chi connectivity index (χ1n) is 9.45. The highest BCUT2D eigenvalue weighted by Gasteiger charge is 2.39. The van der Waals surface area contributed by atoms with Crippen molar-refractivity contribution in [1.29, 1.82) is 0 Å². The number of hydrogen-bond acceptors (Lipinski definition) is 5. The van der Waals surface area contributed by atoms with Crippen LogP contribution < -0.4 is 5.32 Å². The van der Waals surface area contributed by atoms with Crippen LogP contribution in [-0.4, -0.2) is 47.4 Å². The second-order valence-electron chi connectivity index (χ2n) is 6.89. The number of aliphatic imine (C=N–C) groups is 1. The van der Waals surface area contributed by atoms with E-state index in [0.29, 0.717) is 18.3 Å². The summed E-state index contributed by atoms with van der Waals surface area (Å²) in [7, 11) is 1.59. The third-order valence-electron chi connectivity index (χ3n) is 4.56. The Balaban J connectivity index is 1.73. The van der Waals surface area contributed by atoms with Gasteiger partial charge in [-0.25, -0.2) is 4.99 Å². The molecule has 2 aromatic rings. The summed E-state index contributed by atoms with van der Waals surface area (Å²) in [5.74, 6) is -0.296. The summed E-state index contributed by atoms with van der Waals surface area (Å²) < 4.78 is 5.13. The highest BCUT2D eigenvalue weighted by atomic mass is 32.2. The molecule has 1 saturated heterocycles. The Morgan fingerprint density at radius 1 is 1.21 bits per heavy atom. The van der Waals surface area contributed by atoms with E-state index in [1.807, 2.05) is 62.4 Å². The first-order valence-corrected chi connectivity index (χ1v) is 10.3. The number of rotatable bonds is 7. The number of anilines is 1. The fourth-order valence-corrected chi connectivity index (χ4v) is 4.15. The molecule has 0 unspecified atom stereocenters. The van der Waals surface area contributed by atoms with Crippen LogP contribution in [-0.2, 0) is 14.3 Å². The fourth-order valence-electron chi connectivity index (χ4n) is 2.97. The number of benzene rings is 2. The van der Waals surface area contributed by atoms with E-state index in [-0.39, 0.29) is 18.2 Å². The molecular formula is C22H25N3O3S. The molecule has 0 bridgehead atoms. The van der Waals surface area contributed by atoms with E-state index in [1.54, 1.807) is 12.0 Å². The van der Waals surface area contributed by atoms with Crippen molar-refractivity contribution in [3.8, 4) is 0 Å². The normalized spacial score (nSPS) is 17.8. The van der Waals surface area contributed by atoms with Crippen LogP contribution in [0.4, 0.5) is 11.4 Å². The minimum Gasteiger partial charge on any atom is -0.383 e. The van der Waals surface area contributed by atoms with Crippen LogP contribution in [0, 0.1) is 13.8 Å². The van der Waals surface area contributed by atoms with Gasteiger partial charge in [0.05, 0.1) is 18.8 Å². The molecule has 3 rings (SSSR count). The predicted molar refractivity (Wildman–Crippen MR) is 118 cm³/mol. The van der Waals surface area contributed by atoms with Crippen molar-refractivity contribution in [2.45, 2.75) is 25.5 Å². The van der Waals surface area contributed by atoms with Gasteiger partial charge >= 0.3 is 0 Å². The quantitative estimate of drug-likeness (QED) is 0.750. The van der Waals surface area contributed by atoms with Gasteiger partial charge in [0.25, 0.3) is 0 Å². The molecule has 7 heteroatoms. The van der Waals surface area contributed by atoms with Gasteiger partial charge in [0.15, 0.2) is 5.17 Å². The molecule has 1 atom stereocenters. The Kier molecular flexibility index (Phi) is 7.06. The Labute approximate surface area is 175 Å². The van der Waals surface area contributed by atoms with Crippen molar-refractivity contribution in [1.82, 2.24) is 4.90 Å². The van der Waals surface area contributed by atoms with Crippen molar-refractivity contribution < 1.29 is 14.3 Å². The van der Waals surface area contributed by atoms with E-state index in [1.165, 1.54) is 11.8 Å². The van der Waals surface area contributed by atoms with Crippen molar-refractivity contribution in [2.24, 2.45) is 4.99 Å². The van der Waals surface area contributed by atoms with Crippen LogP contribution in [0.15, 0.2) is 53.5 Å². The summed E-state index contributed by atoms with van der Waals surface area (Å²) in [5.41, 5.74) is 3.60. The number of nitrogens with zero attached hydrogens (tertiary/aromatic N) is 2. The lowest BCUT2D eigenvalue weighted by atomic mass is 10.1. The smallest absolute Gasteiger partial charge is 0.242 e. The van der Waals surface area contributed by atoms with E-state index in [0.717, 1.165) is 22.5 Å². The lowest BCUT2D eigenvalue weighted by Gasteiger charge is -2.16. The fraction of sp³-hybridized carbons (Fsp3) is 0.318. The van der Waals surface area contributed by atoms with Gasteiger partial charge in [0, 0.05) is 19.2 Å². The molecule has 2 aromatic carbocycles. The summed E-state index contributed by atoms with van der Waals surface area (Å²) in [6.07, 6.45) is 0.0914. The Morgan fingerprint density at radius 2 is 1.97 bits per heavy atom. The van der Waals surface area contributed by atoms with E-state index in [9.17, 15) is 9.59 Å². The Hall–Kier alpha value is -2.64. The largest absolute Gasteiger partial charge is 0.383 e. The van der Waals surface area contributed by atoms with E-state index < -0.39 is 5.25 Å². The summed E-state index contributed by atoms with van der Waals surface area (Å²) in [4.78, 5) is 31.7. The molecule has 0 radical (unpaired) electrons. The average molecular weight is 412 g/mol. The third-order valence-corrected chi connectivity index (χ3v) is 5.73. The monoisotopic (exact) mass is 411 g/mol. The van der Waals surface area contributed by atoms with Crippen molar-refractivity contribution >= 4 is 40.1 Å². The molecule has 6 nitrogen and oxygen atoms in total. The number of carbonyl (C=O) groups excluding carboxylic acids is 2. The van der Waals surface area contributed by atoms with Crippen molar-refractivity contribution in [2.75, 3.05) is 25.6 Å². The highest BCUT2D eigenvalue weighted by molar-refractivity contribution is 8.15. The summed E-state index contributed by atoms with van der Waals surface area (Å²) in [5, 5.41) is 3.03. The number of amides is 2. The number of para-hydroxylation sites is 1. The molecule has 2 amide bonds. The number of thioether (sulfide) groups is 1. The average Bonchev–Trinajstić information content (AvgIpc) is 2.98. The number of nitrogens with one attached hydrogen (secondary N) is 1. The number of amidine groups is 1. The van der Waals surface area contributed by atoms with Gasteiger partial charge < -0.3 is 10.1 Å². The second kappa shape index (κ2) is 9.71. The molecule has 1 aliphatic heterocycles. The van der Waals surface area contributed by atoms with Gasteiger partial charge in [-0.15, -0.1) is 0 Å². The number of ether oxygens (including phenoxy) is 1. The minimum atomic E-state index is -0.501. The zero-order chi connectivity index (χ0) is 20.8. The maximum absolute atomic E-state index is 12.9. The van der Waals surface area contributed by atoms with E-state index in [4.69, 9.17) is 4.74 Å². The Morgan fingerprint density at radius 3 is 2.69 bits per heavy atom. The van der Waals surface area contributed by atoms with Gasteiger partial charge in [-0.2, -0.15) is 0 Å². The standard InChI is InChI=1S/C22H25N3O3S/c1-15-9-10-16(2)18(13-15)24-20(26)14-19-21(27)25(11-12-28-3)22(29-19)23-17-7-5-4-6-8-17/h4-10,13,19H,11-12,14H2,1-3H3,(H,24,26)/t19-/m0/s1. The molecule has 1 fully saturated rings. The van der Waals surface area contributed by atoms with Crippen LogP contribution >= 0.6 is 11.8 Å². The van der Waals surface area contributed by atoms with E-state index >= 15 is 0 Å². The minimum absolute atomic E-state index is 0.0914. The SMILES string of the molecule is COCCN1C(=O)[C@H](CC(=O)Nc2cc(C)ccc2C)SC1=Nc1ccccc1. The summed E-state index contributed by atoms with van der Waals surface area (Å²) in [6, 6.07) is 15.4. The van der Waals surface area contributed by atoms with Crippen molar-refractivity contribution in [3.63, 3.8) is 0 Å². The Bertz CT molecular complexity index is 915. The molecule has 0 aliphatic carbocycles. The summed E-state index contributed by atoms with van der Waals surface area (Å²) in [6.45, 7) is 4.73. The number of carbonyl (C=O) groups is 2. The summed E-state index contributed by atoms with van der Waals surface area (Å²) >= 11 is 1.33. The van der Waals surface area contributed by atoms with Crippen LogP contribution in [0.25, 0.3) is 0 Å². The molecule has 0 saturated carbocycles. The zero-order valence-electron chi connectivity index (χ0n) is 16.8. The first-order chi connectivity index (χ1) is 14.0. The van der Waals surface area contributed by atoms with Crippen LogP contribution in [0.2, 0.25) is 0 Å². The van der Waals surface area contributed by atoms with Gasteiger partial charge in [-0.3, -0.25) is 14.5 Å². The predicted octanol–water partition coefficient (Wildman–Crippen LogP) is 3.91. The first kappa shape index (κ1) is 21.1. The van der Waals surface area contributed by atoms with Crippen LogP contribution in [0.1, 0.15) is 17.5 Å². The number of hydrogen-bond donors (Lipinski definition) is 1. The van der Waals surface area contributed by atoms with Gasteiger partial charge in [-0.1, -0.05) is 42.1 Å². The molecule has 29 heavy (non-hydrogen) atoms. The lowest BCUT2D eigenvalue weighted by Crippen LogP contribution is -2.35. The maximum atomic E-state index is 12.9. The number of methoxy groups -OCH3 is 1.